The molecule has 2 fully saturated rings. The molecule has 17 heteroatoms. The first-order valence-electron chi connectivity index (χ1n) is 17.5. The lowest BCUT2D eigenvalue weighted by atomic mass is 10.0. The zero-order chi connectivity index (χ0) is 37.7. The second kappa shape index (κ2) is 19.2. The summed E-state index contributed by atoms with van der Waals surface area (Å²) in [5.41, 5.74) is 1.32. The number of urea groups is 1. The zero-order valence-corrected chi connectivity index (χ0v) is 30.8. The standard InChI is InChI=1S/C36H44ClN7O8S/c1-51-26-12-5-10-23(37)31(26)33(47)42-24(11-6-17-39-36(49)50)34-40-19-27(52-34)21-8-4-9-22(18-21)41-30(46)15-7-16-38-29(45)14-3-2-13-28-32-25(20-53-28)43-35(48)44-32/h4-5,8-10,12,18-19,24-25,28,32,39H,2-3,6-7,11,13-17,20H2,1H3,(H,38,45)(H,41,46)(H,42,47)(H,49,50)(H2,43,44,48)/t24?,25-,28-,32-/m0/s1. The Labute approximate surface area is 316 Å². The summed E-state index contributed by atoms with van der Waals surface area (Å²) < 4.78 is 11.4. The van der Waals surface area contributed by atoms with Crippen LogP contribution < -0.4 is 36.6 Å². The van der Waals surface area contributed by atoms with Crippen LogP contribution in [0.1, 0.15) is 73.7 Å². The van der Waals surface area contributed by atoms with E-state index in [4.69, 9.17) is 25.9 Å². The summed E-state index contributed by atoms with van der Waals surface area (Å²) in [6.07, 6.45) is 4.77. The number of unbranched alkanes of at least 4 members (excludes halogenated alkanes) is 1. The Bertz CT molecular complexity index is 1770. The van der Waals surface area contributed by atoms with Gasteiger partial charge in [0.2, 0.25) is 17.7 Å². The van der Waals surface area contributed by atoms with Crippen LogP contribution in [0.3, 0.4) is 0 Å². The molecule has 0 saturated carbocycles. The van der Waals surface area contributed by atoms with E-state index in [9.17, 15) is 24.0 Å². The lowest BCUT2D eigenvalue weighted by molar-refractivity contribution is -0.121. The van der Waals surface area contributed by atoms with Crippen molar-refractivity contribution in [1.82, 2.24) is 31.6 Å². The van der Waals surface area contributed by atoms with Crippen molar-refractivity contribution in [2.45, 2.75) is 74.7 Å². The van der Waals surface area contributed by atoms with Gasteiger partial charge in [0.05, 0.1) is 36.0 Å². The molecule has 2 aromatic carbocycles. The largest absolute Gasteiger partial charge is 0.496 e. The number of halogens is 1. The summed E-state index contributed by atoms with van der Waals surface area (Å²) in [6.45, 7) is 0.543. The number of rotatable bonds is 19. The van der Waals surface area contributed by atoms with E-state index in [0.717, 1.165) is 25.0 Å². The number of amides is 6. The molecular formula is C36H44ClN7O8S. The predicted octanol–water partition coefficient (Wildman–Crippen LogP) is 5.08. The van der Waals surface area contributed by atoms with E-state index >= 15 is 0 Å². The van der Waals surface area contributed by atoms with Gasteiger partial charge < -0.3 is 46.2 Å². The van der Waals surface area contributed by atoms with E-state index < -0.39 is 18.0 Å². The molecular weight excluding hydrogens is 726 g/mol. The monoisotopic (exact) mass is 769 g/mol. The van der Waals surface area contributed by atoms with Gasteiger partial charge in [-0.25, -0.2) is 14.6 Å². The van der Waals surface area contributed by atoms with Crippen LogP contribution in [0.4, 0.5) is 15.3 Å². The minimum absolute atomic E-state index is 0.0420. The van der Waals surface area contributed by atoms with Gasteiger partial charge in [0.15, 0.2) is 5.76 Å². The average molecular weight is 770 g/mol. The number of nitrogens with zero attached hydrogens (tertiary/aromatic N) is 1. The van der Waals surface area contributed by atoms with Crippen LogP contribution >= 0.6 is 23.4 Å². The number of oxazole rings is 1. The van der Waals surface area contributed by atoms with Crippen LogP contribution in [0.25, 0.3) is 11.3 Å². The molecule has 53 heavy (non-hydrogen) atoms. The molecule has 2 aliphatic heterocycles. The number of carboxylic acid groups (broad SMARTS) is 1. The maximum atomic E-state index is 13.3. The van der Waals surface area contributed by atoms with Crippen LogP contribution in [-0.4, -0.2) is 83.2 Å². The molecule has 0 bridgehead atoms. The normalized spacial score (nSPS) is 17.9. The third-order valence-electron chi connectivity index (χ3n) is 8.91. The summed E-state index contributed by atoms with van der Waals surface area (Å²) in [5, 5.41) is 26.4. The third-order valence-corrected chi connectivity index (χ3v) is 10.7. The number of hydrogen-bond donors (Lipinski definition) is 7. The topological polar surface area (TPSA) is 213 Å². The molecule has 7 N–H and O–H groups in total. The minimum atomic E-state index is -1.15. The summed E-state index contributed by atoms with van der Waals surface area (Å²) in [6, 6.07) is 11.4. The highest BCUT2D eigenvalue weighted by atomic mass is 35.5. The van der Waals surface area contributed by atoms with E-state index in [-0.39, 0.29) is 65.1 Å². The second-order valence-electron chi connectivity index (χ2n) is 12.7. The molecule has 0 radical (unpaired) electrons. The Hall–Kier alpha value is -4.96. The number of anilines is 1. The van der Waals surface area contributed by atoms with E-state index in [1.165, 1.54) is 13.3 Å². The van der Waals surface area contributed by atoms with Crippen LogP contribution in [0.5, 0.6) is 5.75 Å². The first-order chi connectivity index (χ1) is 25.6. The smallest absolute Gasteiger partial charge is 0.404 e. The first kappa shape index (κ1) is 39.3. The Morgan fingerprint density at radius 3 is 2.64 bits per heavy atom. The number of thioether (sulfide) groups is 1. The number of ether oxygens (including phenoxy) is 1. The van der Waals surface area contributed by atoms with Crippen molar-refractivity contribution in [1.29, 1.82) is 0 Å². The molecule has 1 aromatic heterocycles. The number of nitrogens with one attached hydrogen (secondary N) is 6. The Morgan fingerprint density at radius 1 is 1.04 bits per heavy atom. The van der Waals surface area contributed by atoms with Gasteiger partial charge in [-0.05, 0) is 56.4 Å². The fourth-order valence-corrected chi connectivity index (χ4v) is 8.07. The lowest BCUT2D eigenvalue weighted by Gasteiger charge is -2.17. The molecule has 3 heterocycles. The molecule has 0 aliphatic carbocycles. The molecule has 4 atom stereocenters. The molecule has 2 aliphatic rings. The number of hydrogen-bond acceptors (Lipinski definition) is 9. The summed E-state index contributed by atoms with van der Waals surface area (Å²) >= 11 is 8.18. The van der Waals surface area contributed by atoms with Gasteiger partial charge in [-0.1, -0.05) is 36.2 Å². The highest BCUT2D eigenvalue weighted by molar-refractivity contribution is 8.00. The van der Waals surface area contributed by atoms with Crippen LogP contribution in [0.15, 0.2) is 53.1 Å². The Morgan fingerprint density at radius 2 is 1.83 bits per heavy atom. The summed E-state index contributed by atoms with van der Waals surface area (Å²) in [4.78, 5) is 65.2. The lowest BCUT2D eigenvalue weighted by Crippen LogP contribution is -2.36. The van der Waals surface area contributed by atoms with Gasteiger partial charge in [-0.3, -0.25) is 14.4 Å². The minimum Gasteiger partial charge on any atom is -0.496 e. The number of methoxy groups -OCH3 is 1. The summed E-state index contributed by atoms with van der Waals surface area (Å²) in [7, 11) is 1.43. The number of aromatic nitrogens is 1. The molecule has 5 rings (SSSR count). The van der Waals surface area contributed by atoms with Gasteiger partial charge in [-0.15, -0.1) is 0 Å². The van der Waals surface area contributed by atoms with E-state index in [2.05, 4.69) is 36.9 Å². The number of carbonyl (C=O) groups is 5. The Kier molecular flexibility index (Phi) is 14.2. The van der Waals surface area contributed by atoms with Crippen molar-refractivity contribution in [3.63, 3.8) is 0 Å². The number of fused-ring (bicyclic) bond motifs is 1. The molecule has 1 unspecified atom stereocenters. The van der Waals surface area contributed by atoms with Gasteiger partial charge in [0, 0.05) is 48.2 Å². The highest BCUT2D eigenvalue weighted by Crippen LogP contribution is 2.33. The maximum absolute atomic E-state index is 13.3. The highest BCUT2D eigenvalue weighted by Gasteiger charge is 2.42. The molecule has 2 saturated heterocycles. The SMILES string of the molecule is COc1cccc(Cl)c1C(=O)NC(CCCNC(=O)O)c1ncc(-c2cccc(NC(=O)CCCNC(=O)CCCC[C@@H]3SC[C@@H]4NC(=O)N[C@@H]43)c2)o1. The zero-order valence-electron chi connectivity index (χ0n) is 29.2. The van der Waals surface area contributed by atoms with Gasteiger partial charge in [-0.2, -0.15) is 11.8 Å². The number of benzene rings is 2. The van der Waals surface area contributed by atoms with Gasteiger partial charge in [0.25, 0.3) is 5.91 Å². The molecule has 6 amide bonds. The molecule has 284 valence electrons. The van der Waals surface area contributed by atoms with Crippen LogP contribution in [-0.2, 0) is 9.59 Å². The van der Waals surface area contributed by atoms with Crippen molar-refractivity contribution in [3.8, 4) is 17.1 Å². The van der Waals surface area contributed by atoms with E-state index in [0.29, 0.717) is 54.5 Å². The molecule has 3 aromatic rings. The van der Waals surface area contributed by atoms with Crippen molar-refractivity contribution in [3.05, 3.63) is 65.1 Å². The summed E-state index contributed by atoms with van der Waals surface area (Å²) in [5.74, 6) is 1.04. The molecule has 15 nitrogen and oxygen atoms in total. The quantitative estimate of drug-likeness (QED) is 0.0634. The van der Waals surface area contributed by atoms with Crippen molar-refractivity contribution in [2.24, 2.45) is 0 Å². The van der Waals surface area contributed by atoms with Crippen molar-refractivity contribution in [2.75, 3.05) is 31.3 Å². The fourth-order valence-electron chi connectivity index (χ4n) is 6.28. The van der Waals surface area contributed by atoms with Crippen LogP contribution in [0.2, 0.25) is 5.02 Å². The second-order valence-corrected chi connectivity index (χ2v) is 14.4. The van der Waals surface area contributed by atoms with Gasteiger partial charge in [0.1, 0.15) is 11.8 Å². The Balaban J connectivity index is 1.08. The average Bonchev–Trinajstić information content (AvgIpc) is 3.86. The van der Waals surface area contributed by atoms with Crippen LogP contribution in [0, 0.1) is 0 Å². The van der Waals surface area contributed by atoms with Crippen molar-refractivity contribution >= 4 is 58.9 Å². The third kappa shape index (κ3) is 11.3. The predicted molar refractivity (Wildman–Crippen MR) is 200 cm³/mol. The van der Waals surface area contributed by atoms with E-state index in [1.54, 1.807) is 42.5 Å². The van der Waals surface area contributed by atoms with Crippen molar-refractivity contribution < 1.29 is 38.2 Å². The van der Waals surface area contributed by atoms with E-state index in [1.807, 2.05) is 11.8 Å². The number of carbonyl (C=O) groups excluding carboxylic acids is 4. The fraction of sp³-hybridized carbons (Fsp3) is 0.444. The van der Waals surface area contributed by atoms with Gasteiger partial charge >= 0.3 is 12.1 Å². The maximum Gasteiger partial charge on any atom is 0.404 e. The molecule has 0 spiro atoms. The first-order valence-corrected chi connectivity index (χ1v) is 19.0.